The molecule has 3 aromatic rings. The molecule has 1 aliphatic heterocycles. The highest BCUT2D eigenvalue weighted by molar-refractivity contribution is 7.18. The first-order valence-corrected chi connectivity index (χ1v) is 9.78. The van der Waals surface area contributed by atoms with Gasteiger partial charge in [-0.05, 0) is 42.7 Å². The van der Waals surface area contributed by atoms with Gasteiger partial charge in [0.2, 0.25) is 5.91 Å². The molecular formula is C19H16Cl2N2OS. The summed E-state index contributed by atoms with van der Waals surface area (Å²) in [5.74, 6) is 0.111. The summed E-state index contributed by atoms with van der Waals surface area (Å²) in [4.78, 5) is 19.5. The normalized spacial score (nSPS) is 17.4. The zero-order chi connectivity index (χ0) is 17.4. The maximum Gasteiger partial charge on any atom is 0.227 e. The van der Waals surface area contributed by atoms with E-state index in [2.05, 4.69) is 6.07 Å². The quantitative estimate of drug-likeness (QED) is 0.590. The number of nitrogens with zero attached hydrogens (tertiary/aromatic N) is 2. The largest absolute Gasteiger partial charge is 0.333 e. The maximum atomic E-state index is 12.8. The zero-order valence-electron chi connectivity index (χ0n) is 13.4. The zero-order valence-corrected chi connectivity index (χ0v) is 15.7. The molecule has 1 amide bonds. The molecule has 0 spiro atoms. The van der Waals surface area contributed by atoms with Crippen molar-refractivity contribution in [3.63, 3.8) is 0 Å². The fraction of sp³-hybridized carbons (Fsp3) is 0.263. The average Bonchev–Trinajstić information content (AvgIpc) is 3.24. The van der Waals surface area contributed by atoms with Gasteiger partial charge in [0.05, 0.1) is 32.7 Å². The number of rotatable bonds is 3. The second-order valence-corrected chi connectivity index (χ2v) is 8.07. The minimum atomic E-state index is 0.0765. The van der Waals surface area contributed by atoms with Gasteiger partial charge < -0.3 is 4.90 Å². The van der Waals surface area contributed by atoms with Crippen molar-refractivity contribution in [3.05, 3.63) is 63.1 Å². The summed E-state index contributed by atoms with van der Waals surface area (Å²) in [6.07, 6.45) is 2.30. The van der Waals surface area contributed by atoms with Crippen LogP contribution in [-0.2, 0) is 11.2 Å². The summed E-state index contributed by atoms with van der Waals surface area (Å²) in [6, 6.07) is 13.5. The van der Waals surface area contributed by atoms with Gasteiger partial charge in [0.1, 0.15) is 5.01 Å². The molecule has 0 aliphatic carbocycles. The van der Waals surface area contributed by atoms with Crippen molar-refractivity contribution in [3.8, 4) is 0 Å². The molecule has 0 saturated carbocycles. The van der Waals surface area contributed by atoms with Crippen LogP contribution in [0.1, 0.15) is 29.5 Å². The first-order valence-electron chi connectivity index (χ1n) is 8.20. The molecule has 4 rings (SSSR count). The van der Waals surface area contributed by atoms with E-state index in [1.165, 1.54) is 4.70 Å². The lowest BCUT2D eigenvalue weighted by atomic mass is 10.1. The van der Waals surface area contributed by atoms with Crippen LogP contribution >= 0.6 is 34.5 Å². The molecular weight excluding hydrogens is 375 g/mol. The van der Waals surface area contributed by atoms with Gasteiger partial charge in [-0.1, -0.05) is 41.4 Å². The predicted molar refractivity (Wildman–Crippen MR) is 103 cm³/mol. The van der Waals surface area contributed by atoms with Crippen LogP contribution in [0.2, 0.25) is 10.0 Å². The Morgan fingerprint density at radius 3 is 2.84 bits per heavy atom. The van der Waals surface area contributed by atoms with Gasteiger partial charge in [-0.2, -0.15) is 0 Å². The summed E-state index contributed by atoms with van der Waals surface area (Å²) >= 11 is 13.7. The number of hydrogen-bond donors (Lipinski definition) is 0. The Morgan fingerprint density at radius 2 is 2.04 bits per heavy atom. The van der Waals surface area contributed by atoms with Crippen LogP contribution in [0, 0.1) is 0 Å². The number of halogens is 2. The van der Waals surface area contributed by atoms with Crippen molar-refractivity contribution in [1.29, 1.82) is 0 Å². The molecule has 2 aromatic carbocycles. The van der Waals surface area contributed by atoms with Crippen LogP contribution < -0.4 is 0 Å². The lowest BCUT2D eigenvalue weighted by molar-refractivity contribution is -0.131. The third kappa shape index (κ3) is 3.39. The van der Waals surface area contributed by atoms with Crippen molar-refractivity contribution >= 4 is 50.7 Å². The summed E-state index contributed by atoms with van der Waals surface area (Å²) in [6.45, 7) is 0.779. The number of carbonyl (C=O) groups excluding carboxylic acids is 1. The molecule has 0 N–H and O–H groups in total. The van der Waals surface area contributed by atoms with Crippen LogP contribution in [0.4, 0.5) is 0 Å². The molecule has 0 unspecified atom stereocenters. The van der Waals surface area contributed by atoms with Gasteiger partial charge in [0.25, 0.3) is 0 Å². The van der Waals surface area contributed by atoms with Gasteiger partial charge in [0.15, 0.2) is 0 Å². The molecule has 2 heterocycles. The smallest absolute Gasteiger partial charge is 0.227 e. The van der Waals surface area contributed by atoms with Crippen molar-refractivity contribution < 1.29 is 4.79 Å². The molecule has 1 atom stereocenters. The standard InChI is InChI=1S/C19H16Cl2N2OS/c20-13-8-7-12(10-14(13)21)11-18(24)23-9-3-5-16(23)19-22-15-4-1-2-6-17(15)25-19/h1-2,4,6-8,10,16H,3,5,9,11H2/t16-/m1/s1. The SMILES string of the molecule is O=C(Cc1ccc(Cl)c(Cl)c1)N1CCC[C@@H]1c1nc2ccccc2s1. The van der Waals surface area contributed by atoms with E-state index in [0.29, 0.717) is 16.5 Å². The maximum absolute atomic E-state index is 12.8. The Labute approximate surface area is 160 Å². The van der Waals surface area contributed by atoms with E-state index in [4.69, 9.17) is 28.2 Å². The molecule has 1 fully saturated rings. The van der Waals surface area contributed by atoms with E-state index in [0.717, 1.165) is 35.5 Å². The highest BCUT2D eigenvalue weighted by Crippen LogP contribution is 2.36. The molecule has 1 aromatic heterocycles. The summed E-state index contributed by atoms with van der Waals surface area (Å²) in [5.41, 5.74) is 1.89. The third-order valence-corrected chi connectivity index (χ3v) is 6.38. The van der Waals surface area contributed by atoms with Gasteiger partial charge in [-0.15, -0.1) is 11.3 Å². The topological polar surface area (TPSA) is 33.2 Å². The van der Waals surface area contributed by atoms with Crippen LogP contribution in [0.25, 0.3) is 10.2 Å². The van der Waals surface area contributed by atoms with E-state index in [1.54, 1.807) is 23.5 Å². The molecule has 0 radical (unpaired) electrons. The number of thiazole rings is 1. The molecule has 3 nitrogen and oxygen atoms in total. The first kappa shape index (κ1) is 16.8. The van der Waals surface area contributed by atoms with Crippen LogP contribution in [0.3, 0.4) is 0 Å². The van der Waals surface area contributed by atoms with Crippen LogP contribution in [0.5, 0.6) is 0 Å². The van der Waals surface area contributed by atoms with Gasteiger partial charge >= 0.3 is 0 Å². The minimum absolute atomic E-state index is 0.0765. The highest BCUT2D eigenvalue weighted by Gasteiger charge is 2.32. The van der Waals surface area contributed by atoms with Gasteiger partial charge in [-0.3, -0.25) is 4.79 Å². The molecule has 1 aliphatic rings. The van der Waals surface area contributed by atoms with Crippen molar-refractivity contribution in [2.45, 2.75) is 25.3 Å². The van der Waals surface area contributed by atoms with E-state index < -0.39 is 0 Å². The second kappa shape index (κ2) is 6.94. The number of benzene rings is 2. The first-order chi connectivity index (χ1) is 12.1. The minimum Gasteiger partial charge on any atom is -0.333 e. The number of likely N-dealkylation sites (tertiary alicyclic amines) is 1. The lowest BCUT2D eigenvalue weighted by Crippen LogP contribution is -2.31. The summed E-state index contributed by atoms with van der Waals surface area (Å²) < 4.78 is 1.17. The van der Waals surface area contributed by atoms with Gasteiger partial charge in [-0.25, -0.2) is 4.98 Å². The Morgan fingerprint density at radius 1 is 1.20 bits per heavy atom. The Balaban J connectivity index is 1.56. The van der Waals surface area contributed by atoms with E-state index in [-0.39, 0.29) is 11.9 Å². The Kier molecular flexibility index (Phi) is 4.67. The molecule has 25 heavy (non-hydrogen) atoms. The lowest BCUT2D eigenvalue weighted by Gasteiger charge is -2.23. The van der Waals surface area contributed by atoms with Gasteiger partial charge in [0, 0.05) is 6.54 Å². The number of para-hydroxylation sites is 1. The molecule has 128 valence electrons. The third-order valence-electron chi connectivity index (χ3n) is 4.51. The number of hydrogen-bond acceptors (Lipinski definition) is 3. The summed E-state index contributed by atoms with van der Waals surface area (Å²) in [7, 11) is 0. The highest BCUT2D eigenvalue weighted by atomic mass is 35.5. The van der Waals surface area contributed by atoms with Crippen LogP contribution in [0.15, 0.2) is 42.5 Å². The molecule has 6 heteroatoms. The number of fused-ring (bicyclic) bond motifs is 1. The molecule has 0 bridgehead atoms. The number of amides is 1. The number of aromatic nitrogens is 1. The van der Waals surface area contributed by atoms with Crippen molar-refractivity contribution in [2.75, 3.05) is 6.54 Å². The van der Waals surface area contributed by atoms with E-state index in [9.17, 15) is 4.79 Å². The molecule has 1 saturated heterocycles. The van der Waals surface area contributed by atoms with Crippen molar-refractivity contribution in [2.24, 2.45) is 0 Å². The number of carbonyl (C=O) groups is 1. The average molecular weight is 391 g/mol. The van der Waals surface area contributed by atoms with Crippen LogP contribution in [-0.4, -0.2) is 22.3 Å². The van der Waals surface area contributed by atoms with Crippen molar-refractivity contribution in [1.82, 2.24) is 9.88 Å². The monoisotopic (exact) mass is 390 g/mol. The summed E-state index contributed by atoms with van der Waals surface area (Å²) in [5, 5.41) is 2.02. The Hall–Kier alpha value is -1.62. The second-order valence-electron chi connectivity index (χ2n) is 6.19. The Bertz CT molecular complexity index is 907. The van der Waals surface area contributed by atoms with E-state index >= 15 is 0 Å². The fourth-order valence-electron chi connectivity index (χ4n) is 3.28. The van der Waals surface area contributed by atoms with E-state index in [1.807, 2.05) is 29.2 Å². The fourth-order valence-corrected chi connectivity index (χ4v) is 4.72. The predicted octanol–water partition coefficient (Wildman–Crippen LogP) is 5.51.